The average molecular weight is 220 g/mol. The zero-order valence-electron chi connectivity index (χ0n) is 8.71. The third kappa shape index (κ3) is 3.68. The Bertz CT molecular complexity index is 216. The minimum Gasteiger partial charge on any atom is -0.463 e. The fourth-order valence-electron chi connectivity index (χ4n) is 1.38. The van der Waals surface area contributed by atoms with Crippen molar-refractivity contribution < 1.29 is 9.53 Å². The van der Waals surface area contributed by atoms with Crippen LogP contribution in [0.1, 0.15) is 26.7 Å². The van der Waals surface area contributed by atoms with Gasteiger partial charge in [0.05, 0.1) is 6.61 Å². The summed E-state index contributed by atoms with van der Waals surface area (Å²) in [5, 5.41) is 3.29. The van der Waals surface area contributed by atoms with E-state index in [-0.39, 0.29) is 18.4 Å². The highest BCUT2D eigenvalue weighted by atomic mass is 35.5. The van der Waals surface area contributed by atoms with Gasteiger partial charge in [0.1, 0.15) is 0 Å². The van der Waals surface area contributed by atoms with Gasteiger partial charge in [0, 0.05) is 18.2 Å². The summed E-state index contributed by atoms with van der Waals surface area (Å²) in [5.74, 6) is -0.176. The standard InChI is InChI=1S/C10H17NO2.ClH/c1-3-9-6-5-8(7-11-9)10(12)13-4-2;/h5,9,11H,3-4,6-7H2,1-2H3;1H. The van der Waals surface area contributed by atoms with Crippen molar-refractivity contribution in [2.45, 2.75) is 32.7 Å². The number of carbonyl (C=O) groups excluding carboxylic acids is 1. The molecule has 3 nitrogen and oxygen atoms in total. The monoisotopic (exact) mass is 219 g/mol. The summed E-state index contributed by atoms with van der Waals surface area (Å²) in [7, 11) is 0. The minimum absolute atomic E-state index is 0. The van der Waals surface area contributed by atoms with E-state index < -0.39 is 0 Å². The molecule has 0 radical (unpaired) electrons. The average Bonchev–Trinajstić information content (AvgIpc) is 2.18. The van der Waals surface area contributed by atoms with E-state index in [9.17, 15) is 4.79 Å². The van der Waals surface area contributed by atoms with Gasteiger partial charge < -0.3 is 10.1 Å². The quantitative estimate of drug-likeness (QED) is 0.734. The fraction of sp³-hybridized carbons (Fsp3) is 0.700. The highest BCUT2D eigenvalue weighted by Gasteiger charge is 2.17. The van der Waals surface area contributed by atoms with Crippen molar-refractivity contribution in [2.24, 2.45) is 0 Å². The Hall–Kier alpha value is -0.540. The second-order valence-electron chi connectivity index (χ2n) is 3.17. The number of ether oxygens (including phenoxy) is 1. The topological polar surface area (TPSA) is 38.3 Å². The summed E-state index contributed by atoms with van der Waals surface area (Å²) in [6.45, 7) is 5.06. The predicted octanol–water partition coefficient (Wildman–Crippen LogP) is 1.67. The first kappa shape index (κ1) is 13.5. The van der Waals surface area contributed by atoms with Crippen LogP contribution in [0.3, 0.4) is 0 Å². The van der Waals surface area contributed by atoms with Gasteiger partial charge in [0.25, 0.3) is 0 Å². The van der Waals surface area contributed by atoms with Gasteiger partial charge in [-0.05, 0) is 19.8 Å². The van der Waals surface area contributed by atoms with Crippen LogP contribution in [0.5, 0.6) is 0 Å². The van der Waals surface area contributed by atoms with Crippen molar-refractivity contribution >= 4 is 18.4 Å². The van der Waals surface area contributed by atoms with E-state index in [0.717, 1.165) is 18.4 Å². The molecule has 1 atom stereocenters. The van der Waals surface area contributed by atoms with Crippen molar-refractivity contribution in [3.8, 4) is 0 Å². The molecule has 0 spiro atoms. The molecule has 0 saturated carbocycles. The number of hydrogen-bond donors (Lipinski definition) is 1. The number of halogens is 1. The highest BCUT2D eigenvalue weighted by Crippen LogP contribution is 2.10. The maximum Gasteiger partial charge on any atom is 0.334 e. The molecule has 1 N–H and O–H groups in total. The van der Waals surface area contributed by atoms with E-state index in [1.54, 1.807) is 0 Å². The molecule has 1 unspecified atom stereocenters. The van der Waals surface area contributed by atoms with Crippen molar-refractivity contribution in [1.82, 2.24) is 5.32 Å². The van der Waals surface area contributed by atoms with Gasteiger partial charge in [-0.15, -0.1) is 12.4 Å². The van der Waals surface area contributed by atoms with Crippen molar-refractivity contribution in [1.29, 1.82) is 0 Å². The zero-order chi connectivity index (χ0) is 9.68. The lowest BCUT2D eigenvalue weighted by Gasteiger charge is -2.21. The number of nitrogens with one attached hydrogen (secondary N) is 1. The van der Waals surface area contributed by atoms with Gasteiger partial charge in [-0.1, -0.05) is 13.0 Å². The Balaban J connectivity index is 0.00000169. The van der Waals surface area contributed by atoms with Crippen LogP contribution in [0, 0.1) is 0 Å². The zero-order valence-corrected chi connectivity index (χ0v) is 9.52. The number of hydrogen-bond acceptors (Lipinski definition) is 3. The molecule has 1 rings (SSSR count). The molecule has 0 aromatic rings. The normalized spacial score (nSPS) is 20.7. The van der Waals surface area contributed by atoms with Crippen LogP contribution in [0.2, 0.25) is 0 Å². The molecule has 0 aromatic heterocycles. The Morgan fingerprint density at radius 2 is 2.36 bits per heavy atom. The second kappa shape index (κ2) is 6.85. The largest absolute Gasteiger partial charge is 0.463 e. The Morgan fingerprint density at radius 1 is 1.64 bits per heavy atom. The first-order valence-corrected chi connectivity index (χ1v) is 4.87. The molecule has 82 valence electrons. The summed E-state index contributed by atoms with van der Waals surface area (Å²) in [4.78, 5) is 11.3. The lowest BCUT2D eigenvalue weighted by atomic mass is 10.0. The van der Waals surface area contributed by atoms with Crippen LogP contribution < -0.4 is 5.32 Å². The van der Waals surface area contributed by atoms with Crippen LogP contribution in [0.25, 0.3) is 0 Å². The summed E-state index contributed by atoms with van der Waals surface area (Å²) in [5.41, 5.74) is 0.770. The maximum atomic E-state index is 11.3. The van der Waals surface area contributed by atoms with Crippen LogP contribution >= 0.6 is 12.4 Å². The van der Waals surface area contributed by atoms with Crippen LogP contribution in [0.15, 0.2) is 11.6 Å². The lowest BCUT2D eigenvalue weighted by Crippen LogP contribution is -2.35. The molecule has 0 aliphatic carbocycles. The second-order valence-corrected chi connectivity index (χ2v) is 3.17. The Labute approximate surface area is 91.3 Å². The molecular weight excluding hydrogens is 202 g/mol. The predicted molar refractivity (Wildman–Crippen MR) is 58.7 cm³/mol. The van der Waals surface area contributed by atoms with Gasteiger partial charge in [0.15, 0.2) is 0 Å². The van der Waals surface area contributed by atoms with Gasteiger partial charge in [-0.3, -0.25) is 0 Å². The van der Waals surface area contributed by atoms with Gasteiger partial charge >= 0.3 is 5.97 Å². The van der Waals surface area contributed by atoms with Crippen molar-refractivity contribution in [3.05, 3.63) is 11.6 Å². The number of esters is 1. The van der Waals surface area contributed by atoms with Crippen LogP contribution in [0.4, 0.5) is 0 Å². The number of rotatable bonds is 3. The Morgan fingerprint density at radius 3 is 2.79 bits per heavy atom. The fourth-order valence-corrected chi connectivity index (χ4v) is 1.38. The molecule has 0 bridgehead atoms. The van der Waals surface area contributed by atoms with Gasteiger partial charge in [-0.2, -0.15) is 0 Å². The van der Waals surface area contributed by atoms with Gasteiger partial charge in [-0.25, -0.2) is 4.79 Å². The molecule has 1 aliphatic rings. The van der Waals surface area contributed by atoms with Crippen molar-refractivity contribution in [2.75, 3.05) is 13.2 Å². The van der Waals surface area contributed by atoms with E-state index in [0.29, 0.717) is 19.2 Å². The highest BCUT2D eigenvalue weighted by molar-refractivity contribution is 5.89. The molecule has 4 heteroatoms. The van der Waals surface area contributed by atoms with E-state index >= 15 is 0 Å². The SMILES string of the molecule is CCOC(=O)C1=CCC(CC)NC1.Cl. The molecule has 0 aromatic carbocycles. The van der Waals surface area contributed by atoms with Crippen LogP contribution in [-0.2, 0) is 9.53 Å². The Kier molecular flexibility index (Phi) is 6.58. The summed E-state index contributed by atoms with van der Waals surface area (Å²) >= 11 is 0. The van der Waals surface area contributed by atoms with E-state index in [2.05, 4.69) is 12.2 Å². The molecule has 0 fully saturated rings. The first-order chi connectivity index (χ1) is 6.27. The number of carbonyl (C=O) groups is 1. The van der Waals surface area contributed by atoms with E-state index in [4.69, 9.17) is 4.74 Å². The summed E-state index contributed by atoms with van der Waals surface area (Å²) in [6.07, 6.45) is 4.03. The molecule has 14 heavy (non-hydrogen) atoms. The van der Waals surface area contributed by atoms with Gasteiger partial charge in [0.2, 0.25) is 0 Å². The smallest absolute Gasteiger partial charge is 0.334 e. The molecule has 0 amide bonds. The first-order valence-electron chi connectivity index (χ1n) is 4.87. The summed E-state index contributed by atoms with van der Waals surface area (Å²) in [6, 6.07) is 0.526. The van der Waals surface area contributed by atoms with Crippen molar-refractivity contribution in [3.63, 3.8) is 0 Å². The lowest BCUT2D eigenvalue weighted by molar-refractivity contribution is -0.138. The molecular formula is C10H18ClNO2. The minimum atomic E-state index is -0.176. The molecule has 1 aliphatic heterocycles. The third-order valence-corrected chi connectivity index (χ3v) is 2.26. The molecule has 0 saturated heterocycles. The van der Waals surface area contributed by atoms with Crippen LogP contribution in [-0.4, -0.2) is 25.2 Å². The van der Waals surface area contributed by atoms with E-state index in [1.165, 1.54) is 0 Å². The maximum absolute atomic E-state index is 11.3. The summed E-state index contributed by atoms with van der Waals surface area (Å²) < 4.78 is 4.90. The third-order valence-electron chi connectivity index (χ3n) is 2.26. The molecule has 1 heterocycles. The van der Waals surface area contributed by atoms with E-state index in [1.807, 2.05) is 13.0 Å².